The number of nitrogens with zero attached hydrogens (tertiary/aromatic N) is 2. The predicted molar refractivity (Wildman–Crippen MR) is 82.5 cm³/mol. The van der Waals surface area contributed by atoms with Crippen molar-refractivity contribution in [2.45, 2.75) is 39.8 Å². The van der Waals surface area contributed by atoms with E-state index in [1.807, 2.05) is 25.6 Å². The van der Waals surface area contributed by atoms with E-state index in [2.05, 4.69) is 36.2 Å². The van der Waals surface area contributed by atoms with E-state index in [9.17, 15) is 0 Å². The molecule has 0 amide bonds. The Bertz CT molecular complexity index is 393. The molecule has 1 atom stereocenters. The van der Waals surface area contributed by atoms with Crippen LogP contribution >= 0.6 is 11.8 Å². The number of aromatic nitrogens is 1. The van der Waals surface area contributed by atoms with Gasteiger partial charge in [-0.1, -0.05) is 6.92 Å². The van der Waals surface area contributed by atoms with E-state index in [-0.39, 0.29) is 0 Å². The van der Waals surface area contributed by atoms with E-state index >= 15 is 0 Å². The Morgan fingerprint density at radius 1 is 1.44 bits per heavy atom. The zero-order valence-electron chi connectivity index (χ0n) is 12.2. The van der Waals surface area contributed by atoms with E-state index in [1.54, 1.807) is 0 Å². The van der Waals surface area contributed by atoms with Crippen molar-refractivity contribution in [2.24, 2.45) is 5.73 Å². The number of anilines is 1. The standard InChI is InChI=1S/C14H25N3S/c1-6-12(9-18-5)17(4)14-7-10(2)16-11(3)13(14)8-15/h7,12H,6,8-9,15H2,1-5H3. The van der Waals surface area contributed by atoms with Gasteiger partial charge in [0.25, 0.3) is 0 Å². The number of hydrogen-bond acceptors (Lipinski definition) is 4. The van der Waals surface area contributed by atoms with Crippen LogP contribution in [0.5, 0.6) is 0 Å². The Morgan fingerprint density at radius 2 is 2.11 bits per heavy atom. The Balaban J connectivity index is 3.13. The van der Waals surface area contributed by atoms with Crippen molar-refractivity contribution in [1.29, 1.82) is 0 Å². The molecule has 1 rings (SSSR count). The molecule has 0 aliphatic heterocycles. The van der Waals surface area contributed by atoms with Crippen LogP contribution in [0.1, 0.15) is 30.3 Å². The van der Waals surface area contributed by atoms with Crippen LogP contribution in [-0.4, -0.2) is 30.1 Å². The molecular weight excluding hydrogens is 242 g/mol. The van der Waals surface area contributed by atoms with Crippen molar-refractivity contribution in [3.63, 3.8) is 0 Å². The molecule has 0 aliphatic rings. The fourth-order valence-electron chi connectivity index (χ4n) is 2.29. The molecule has 4 heteroatoms. The third-order valence-corrected chi connectivity index (χ3v) is 4.12. The van der Waals surface area contributed by atoms with Crippen molar-refractivity contribution in [3.05, 3.63) is 23.0 Å². The molecule has 102 valence electrons. The second-order valence-corrected chi connectivity index (χ2v) is 5.59. The van der Waals surface area contributed by atoms with Gasteiger partial charge in [-0.25, -0.2) is 0 Å². The zero-order chi connectivity index (χ0) is 13.7. The second-order valence-electron chi connectivity index (χ2n) is 4.68. The maximum atomic E-state index is 5.88. The molecule has 18 heavy (non-hydrogen) atoms. The van der Waals surface area contributed by atoms with Gasteiger partial charge in [0.15, 0.2) is 0 Å². The lowest BCUT2D eigenvalue weighted by molar-refractivity contribution is 0.668. The molecule has 1 aromatic heterocycles. The summed E-state index contributed by atoms with van der Waals surface area (Å²) in [5, 5.41) is 0. The van der Waals surface area contributed by atoms with Crippen LogP contribution in [0.4, 0.5) is 5.69 Å². The van der Waals surface area contributed by atoms with Crippen LogP contribution in [-0.2, 0) is 6.54 Å². The Labute approximate surface area is 115 Å². The maximum Gasteiger partial charge on any atom is 0.0448 e. The number of hydrogen-bond donors (Lipinski definition) is 1. The largest absolute Gasteiger partial charge is 0.370 e. The minimum atomic E-state index is 0.548. The minimum absolute atomic E-state index is 0.548. The van der Waals surface area contributed by atoms with Gasteiger partial charge in [0, 0.05) is 48.0 Å². The van der Waals surface area contributed by atoms with Gasteiger partial charge >= 0.3 is 0 Å². The first-order valence-corrected chi connectivity index (χ1v) is 7.83. The normalized spacial score (nSPS) is 12.6. The van der Waals surface area contributed by atoms with E-state index in [1.165, 1.54) is 11.3 Å². The summed E-state index contributed by atoms with van der Waals surface area (Å²) < 4.78 is 0. The smallest absolute Gasteiger partial charge is 0.0448 e. The number of thioether (sulfide) groups is 1. The molecule has 2 N–H and O–H groups in total. The van der Waals surface area contributed by atoms with E-state index in [0.717, 1.165) is 23.6 Å². The van der Waals surface area contributed by atoms with E-state index in [4.69, 9.17) is 5.73 Å². The summed E-state index contributed by atoms with van der Waals surface area (Å²) in [6.07, 6.45) is 3.30. The summed E-state index contributed by atoms with van der Waals surface area (Å²) >= 11 is 1.89. The summed E-state index contributed by atoms with van der Waals surface area (Å²) in [5.41, 5.74) is 10.4. The molecule has 1 heterocycles. The topological polar surface area (TPSA) is 42.2 Å². The highest BCUT2D eigenvalue weighted by atomic mass is 32.2. The summed E-state index contributed by atoms with van der Waals surface area (Å²) in [5.74, 6) is 1.14. The van der Waals surface area contributed by atoms with Crippen molar-refractivity contribution < 1.29 is 0 Å². The number of aryl methyl sites for hydroxylation is 2. The fourth-order valence-corrected chi connectivity index (χ4v) is 3.14. The molecule has 3 nitrogen and oxygen atoms in total. The third kappa shape index (κ3) is 3.39. The van der Waals surface area contributed by atoms with E-state index in [0.29, 0.717) is 12.6 Å². The predicted octanol–water partition coefficient (Wildman–Crippen LogP) is 2.73. The first-order chi connectivity index (χ1) is 8.54. The quantitative estimate of drug-likeness (QED) is 0.860. The molecule has 0 fully saturated rings. The molecule has 0 aromatic carbocycles. The highest BCUT2D eigenvalue weighted by Crippen LogP contribution is 2.26. The molecule has 0 saturated carbocycles. The van der Waals surface area contributed by atoms with Gasteiger partial charge in [0.1, 0.15) is 0 Å². The van der Waals surface area contributed by atoms with Gasteiger partial charge in [0.2, 0.25) is 0 Å². The van der Waals surface area contributed by atoms with Gasteiger partial charge < -0.3 is 10.6 Å². The number of nitrogens with two attached hydrogens (primary N) is 1. The first kappa shape index (κ1) is 15.3. The van der Waals surface area contributed by atoms with Crippen LogP contribution in [0.25, 0.3) is 0 Å². The summed E-state index contributed by atoms with van der Waals surface area (Å²) in [4.78, 5) is 6.87. The van der Waals surface area contributed by atoms with Crippen LogP contribution in [0, 0.1) is 13.8 Å². The highest BCUT2D eigenvalue weighted by Gasteiger charge is 2.17. The van der Waals surface area contributed by atoms with Gasteiger partial charge in [-0.05, 0) is 32.6 Å². The van der Waals surface area contributed by atoms with Crippen molar-refractivity contribution in [3.8, 4) is 0 Å². The number of rotatable bonds is 6. The Kier molecular flexibility index (Phi) is 5.96. The molecule has 0 spiro atoms. The highest BCUT2D eigenvalue weighted by molar-refractivity contribution is 7.98. The average molecular weight is 267 g/mol. The lowest BCUT2D eigenvalue weighted by Gasteiger charge is -2.31. The van der Waals surface area contributed by atoms with Gasteiger partial charge in [0.05, 0.1) is 0 Å². The monoisotopic (exact) mass is 267 g/mol. The molecular formula is C14H25N3S. The SMILES string of the molecule is CCC(CSC)N(C)c1cc(C)nc(C)c1CN. The first-order valence-electron chi connectivity index (χ1n) is 6.44. The maximum absolute atomic E-state index is 5.88. The van der Waals surface area contributed by atoms with Crippen LogP contribution in [0.3, 0.4) is 0 Å². The second kappa shape index (κ2) is 7.00. The van der Waals surface area contributed by atoms with Crippen LogP contribution in [0.15, 0.2) is 6.07 Å². The van der Waals surface area contributed by atoms with Gasteiger partial charge in [-0.2, -0.15) is 11.8 Å². The molecule has 0 radical (unpaired) electrons. The van der Waals surface area contributed by atoms with Crippen molar-refractivity contribution in [2.75, 3.05) is 24.0 Å². The Morgan fingerprint density at radius 3 is 2.61 bits per heavy atom. The average Bonchev–Trinajstić information content (AvgIpc) is 2.34. The molecule has 1 unspecified atom stereocenters. The molecule has 0 aliphatic carbocycles. The molecule has 0 bridgehead atoms. The molecule has 0 saturated heterocycles. The summed E-state index contributed by atoms with van der Waals surface area (Å²) in [6, 6.07) is 2.70. The van der Waals surface area contributed by atoms with Crippen molar-refractivity contribution >= 4 is 17.4 Å². The van der Waals surface area contributed by atoms with E-state index < -0.39 is 0 Å². The van der Waals surface area contributed by atoms with Crippen LogP contribution in [0.2, 0.25) is 0 Å². The van der Waals surface area contributed by atoms with Gasteiger partial charge in [-0.3, -0.25) is 4.98 Å². The third-order valence-electron chi connectivity index (χ3n) is 3.40. The number of pyridine rings is 1. The van der Waals surface area contributed by atoms with Gasteiger partial charge in [-0.15, -0.1) is 0 Å². The fraction of sp³-hybridized carbons (Fsp3) is 0.643. The Hall–Kier alpha value is -0.740. The van der Waals surface area contributed by atoms with Crippen molar-refractivity contribution in [1.82, 2.24) is 4.98 Å². The minimum Gasteiger partial charge on any atom is -0.370 e. The lowest BCUT2D eigenvalue weighted by atomic mass is 10.1. The summed E-state index contributed by atoms with van der Waals surface area (Å²) in [6.45, 7) is 6.87. The van der Waals surface area contributed by atoms with Crippen LogP contribution < -0.4 is 10.6 Å². The summed E-state index contributed by atoms with van der Waals surface area (Å²) in [7, 11) is 2.16. The zero-order valence-corrected chi connectivity index (χ0v) is 13.0. The lowest BCUT2D eigenvalue weighted by Crippen LogP contribution is -2.34. The molecule has 1 aromatic rings.